The molecule has 2 aromatic carbocycles. The van der Waals surface area contributed by atoms with Gasteiger partial charge in [0.1, 0.15) is 0 Å². The lowest BCUT2D eigenvalue weighted by atomic mass is 10.3. The molecule has 4 nitrogen and oxygen atoms in total. The van der Waals surface area contributed by atoms with E-state index in [1.807, 2.05) is 0 Å². The number of nitrogen functional groups attached to an aromatic ring is 1. The number of nitrogens with two attached hydrogens (primary N) is 2. The highest BCUT2D eigenvalue weighted by Crippen LogP contribution is 2.34. The van der Waals surface area contributed by atoms with Gasteiger partial charge in [-0.25, -0.2) is 22.3 Å². The van der Waals surface area contributed by atoms with Crippen LogP contribution >= 0.6 is 11.8 Å². The minimum absolute atomic E-state index is 0.100. The second kappa shape index (κ2) is 5.39. The van der Waals surface area contributed by atoms with Crippen molar-refractivity contribution < 1.29 is 17.2 Å². The lowest BCUT2D eigenvalue weighted by Gasteiger charge is -2.07. The van der Waals surface area contributed by atoms with Crippen LogP contribution in [-0.2, 0) is 10.0 Å². The molecule has 0 fully saturated rings. The molecule has 8 heteroatoms. The fraction of sp³-hybridized carbons (Fsp3) is 0. The SMILES string of the molecule is Nc1ccc(S(N)(=O)=O)cc1Sc1ccc(F)c(F)c1. The zero-order valence-corrected chi connectivity index (χ0v) is 11.6. The van der Waals surface area contributed by atoms with E-state index >= 15 is 0 Å². The van der Waals surface area contributed by atoms with Crippen LogP contribution < -0.4 is 10.9 Å². The number of primary sulfonamides is 1. The fourth-order valence-electron chi connectivity index (χ4n) is 1.45. The lowest BCUT2D eigenvalue weighted by Crippen LogP contribution is -2.12. The molecule has 2 aromatic rings. The Bertz CT molecular complexity index is 764. The predicted octanol–water partition coefficient (Wildman–Crippen LogP) is 2.35. The second-order valence-electron chi connectivity index (χ2n) is 3.92. The summed E-state index contributed by atoms with van der Waals surface area (Å²) in [6.45, 7) is 0. The summed E-state index contributed by atoms with van der Waals surface area (Å²) >= 11 is 1.02. The average molecular weight is 316 g/mol. The van der Waals surface area contributed by atoms with Crippen molar-refractivity contribution in [1.29, 1.82) is 0 Å². The molecule has 0 aliphatic rings. The molecule has 20 heavy (non-hydrogen) atoms. The van der Waals surface area contributed by atoms with E-state index in [-0.39, 0.29) is 4.90 Å². The van der Waals surface area contributed by atoms with Crippen LogP contribution in [0.25, 0.3) is 0 Å². The first kappa shape index (κ1) is 14.8. The molecule has 0 bridgehead atoms. The first-order chi connectivity index (χ1) is 9.27. The molecule has 0 heterocycles. The van der Waals surface area contributed by atoms with Gasteiger partial charge in [-0.3, -0.25) is 0 Å². The van der Waals surface area contributed by atoms with Crippen molar-refractivity contribution in [3.63, 3.8) is 0 Å². The first-order valence-corrected chi connectivity index (χ1v) is 7.69. The number of benzene rings is 2. The Morgan fingerprint density at radius 1 is 1.00 bits per heavy atom. The first-order valence-electron chi connectivity index (χ1n) is 5.32. The van der Waals surface area contributed by atoms with Gasteiger partial charge in [0.15, 0.2) is 11.6 Å². The quantitative estimate of drug-likeness (QED) is 0.851. The predicted molar refractivity (Wildman–Crippen MR) is 72.7 cm³/mol. The van der Waals surface area contributed by atoms with E-state index in [0.29, 0.717) is 15.5 Å². The van der Waals surface area contributed by atoms with Crippen LogP contribution in [0.1, 0.15) is 0 Å². The molecule has 0 saturated carbocycles. The zero-order chi connectivity index (χ0) is 14.9. The second-order valence-corrected chi connectivity index (χ2v) is 6.60. The lowest BCUT2D eigenvalue weighted by molar-refractivity contribution is 0.506. The fourth-order valence-corrected chi connectivity index (χ4v) is 2.99. The van der Waals surface area contributed by atoms with Gasteiger partial charge in [-0.05, 0) is 36.4 Å². The van der Waals surface area contributed by atoms with Crippen molar-refractivity contribution in [1.82, 2.24) is 0 Å². The number of rotatable bonds is 3. The summed E-state index contributed by atoms with van der Waals surface area (Å²) in [5.41, 5.74) is 6.04. The number of halogens is 2. The molecule has 0 aliphatic heterocycles. The van der Waals surface area contributed by atoms with Gasteiger partial charge in [0, 0.05) is 15.5 Å². The van der Waals surface area contributed by atoms with Crippen molar-refractivity contribution >= 4 is 27.5 Å². The Hall–Kier alpha value is -1.64. The van der Waals surface area contributed by atoms with Crippen LogP contribution in [-0.4, -0.2) is 8.42 Å². The van der Waals surface area contributed by atoms with Gasteiger partial charge in [-0.2, -0.15) is 0 Å². The highest BCUT2D eigenvalue weighted by molar-refractivity contribution is 7.99. The van der Waals surface area contributed by atoms with Crippen molar-refractivity contribution in [2.75, 3.05) is 5.73 Å². The minimum atomic E-state index is -3.85. The smallest absolute Gasteiger partial charge is 0.238 e. The molecule has 2 rings (SSSR count). The van der Waals surface area contributed by atoms with Gasteiger partial charge in [0.2, 0.25) is 10.0 Å². The van der Waals surface area contributed by atoms with E-state index in [1.165, 1.54) is 24.3 Å². The largest absolute Gasteiger partial charge is 0.398 e. The Morgan fingerprint density at radius 3 is 2.30 bits per heavy atom. The molecule has 0 spiro atoms. The van der Waals surface area contributed by atoms with Crippen molar-refractivity contribution in [3.05, 3.63) is 48.0 Å². The van der Waals surface area contributed by atoms with Gasteiger partial charge in [-0.15, -0.1) is 0 Å². The monoisotopic (exact) mass is 316 g/mol. The molecule has 106 valence electrons. The number of hydrogen-bond acceptors (Lipinski definition) is 4. The maximum absolute atomic E-state index is 13.1. The molecule has 0 unspecified atom stereocenters. The zero-order valence-electron chi connectivity index (χ0n) is 10.0. The Kier molecular flexibility index (Phi) is 3.98. The molecule has 0 aromatic heterocycles. The maximum Gasteiger partial charge on any atom is 0.238 e. The van der Waals surface area contributed by atoms with Crippen molar-refractivity contribution in [3.8, 4) is 0 Å². The molecule has 4 N–H and O–H groups in total. The van der Waals surface area contributed by atoms with E-state index in [2.05, 4.69) is 0 Å². The summed E-state index contributed by atoms with van der Waals surface area (Å²) < 4.78 is 48.5. The summed E-state index contributed by atoms with van der Waals surface area (Å²) in [5.74, 6) is -1.95. The van der Waals surface area contributed by atoms with Crippen molar-refractivity contribution in [2.45, 2.75) is 14.7 Å². The Labute approximate surface area is 118 Å². The standard InChI is InChI=1S/C12H10F2N2O2S2/c13-9-3-1-7(5-10(9)14)19-12-6-8(20(16,17)18)2-4-11(12)15/h1-6H,15H2,(H2,16,17,18). The Balaban J connectivity index is 2.40. The van der Waals surface area contributed by atoms with E-state index in [0.717, 1.165) is 23.9 Å². The van der Waals surface area contributed by atoms with E-state index in [9.17, 15) is 17.2 Å². The third kappa shape index (κ3) is 3.27. The van der Waals surface area contributed by atoms with Crippen LogP contribution in [0.2, 0.25) is 0 Å². The number of anilines is 1. The summed E-state index contributed by atoms with van der Waals surface area (Å²) in [4.78, 5) is 0.682. The summed E-state index contributed by atoms with van der Waals surface area (Å²) in [6, 6.07) is 7.31. The molecule has 0 amide bonds. The summed E-state index contributed by atoms with van der Waals surface area (Å²) in [7, 11) is -3.85. The normalized spacial score (nSPS) is 11.6. The molecule has 0 aliphatic carbocycles. The molecule has 0 saturated heterocycles. The van der Waals surface area contributed by atoms with Gasteiger partial charge >= 0.3 is 0 Å². The highest BCUT2D eigenvalue weighted by atomic mass is 32.2. The van der Waals surface area contributed by atoms with Gasteiger partial charge < -0.3 is 5.73 Å². The molecule has 0 radical (unpaired) electrons. The average Bonchev–Trinajstić information content (AvgIpc) is 2.35. The third-order valence-corrected chi connectivity index (χ3v) is 4.41. The number of sulfonamides is 1. The van der Waals surface area contributed by atoms with Crippen LogP contribution in [0.4, 0.5) is 14.5 Å². The van der Waals surface area contributed by atoms with Gasteiger partial charge in [-0.1, -0.05) is 11.8 Å². The minimum Gasteiger partial charge on any atom is -0.398 e. The Morgan fingerprint density at radius 2 is 1.70 bits per heavy atom. The van der Waals surface area contributed by atoms with Crippen LogP contribution in [0, 0.1) is 11.6 Å². The summed E-state index contributed by atoms with van der Waals surface area (Å²) in [5, 5.41) is 5.03. The van der Waals surface area contributed by atoms with Crippen LogP contribution in [0.15, 0.2) is 51.1 Å². The molecule has 0 atom stereocenters. The van der Waals surface area contributed by atoms with Gasteiger partial charge in [0.05, 0.1) is 4.90 Å². The number of hydrogen-bond donors (Lipinski definition) is 2. The van der Waals surface area contributed by atoms with E-state index < -0.39 is 21.7 Å². The molecular weight excluding hydrogens is 306 g/mol. The van der Waals surface area contributed by atoms with E-state index in [4.69, 9.17) is 10.9 Å². The van der Waals surface area contributed by atoms with E-state index in [1.54, 1.807) is 0 Å². The molecular formula is C12H10F2N2O2S2. The highest BCUT2D eigenvalue weighted by Gasteiger charge is 2.12. The maximum atomic E-state index is 13.1. The summed E-state index contributed by atoms with van der Waals surface area (Å²) in [6.07, 6.45) is 0. The van der Waals surface area contributed by atoms with Crippen LogP contribution in [0.3, 0.4) is 0 Å². The third-order valence-electron chi connectivity index (χ3n) is 2.43. The van der Waals surface area contributed by atoms with Crippen LogP contribution in [0.5, 0.6) is 0 Å². The topological polar surface area (TPSA) is 86.2 Å². The van der Waals surface area contributed by atoms with Crippen molar-refractivity contribution in [2.24, 2.45) is 5.14 Å². The van der Waals surface area contributed by atoms with Gasteiger partial charge in [0.25, 0.3) is 0 Å².